The summed E-state index contributed by atoms with van der Waals surface area (Å²) in [5.41, 5.74) is 1.85. The molecular weight excluding hydrogens is 344 g/mol. The van der Waals surface area contributed by atoms with Crippen molar-refractivity contribution >= 4 is 5.91 Å². The highest BCUT2D eigenvalue weighted by Gasteiger charge is 2.30. The molecule has 1 aliphatic carbocycles. The summed E-state index contributed by atoms with van der Waals surface area (Å²) in [6, 6.07) is 7.73. The molecule has 3 heterocycles. The molecule has 5 rings (SSSR count). The first-order chi connectivity index (χ1) is 13.3. The smallest absolute Gasteiger partial charge is 0.227 e. The van der Waals surface area contributed by atoms with Gasteiger partial charge in [-0.05, 0) is 41.0 Å². The van der Waals surface area contributed by atoms with E-state index in [1.165, 1.54) is 12.8 Å². The van der Waals surface area contributed by atoms with Crippen molar-refractivity contribution in [3.63, 3.8) is 0 Å². The molecule has 1 fully saturated rings. The van der Waals surface area contributed by atoms with E-state index in [4.69, 9.17) is 0 Å². The number of aromatic nitrogens is 7. The zero-order valence-corrected chi connectivity index (χ0v) is 14.9. The van der Waals surface area contributed by atoms with Crippen molar-refractivity contribution in [3.8, 4) is 5.69 Å². The van der Waals surface area contributed by atoms with Crippen molar-refractivity contribution in [1.29, 1.82) is 0 Å². The first kappa shape index (κ1) is 16.1. The lowest BCUT2D eigenvalue weighted by Gasteiger charge is -2.20. The third kappa shape index (κ3) is 3.32. The van der Waals surface area contributed by atoms with Crippen molar-refractivity contribution < 1.29 is 4.79 Å². The van der Waals surface area contributed by atoms with E-state index in [9.17, 15) is 4.79 Å². The highest BCUT2D eigenvalue weighted by Crippen LogP contribution is 2.38. The predicted molar refractivity (Wildman–Crippen MR) is 95.1 cm³/mol. The highest BCUT2D eigenvalue weighted by atomic mass is 16.2. The zero-order valence-electron chi connectivity index (χ0n) is 14.9. The molecule has 1 aliphatic heterocycles. The molecule has 3 aromatic rings. The van der Waals surface area contributed by atoms with Crippen LogP contribution in [0.4, 0.5) is 0 Å². The normalized spacial score (nSPS) is 16.8. The maximum atomic E-state index is 12.7. The van der Waals surface area contributed by atoms with Crippen LogP contribution < -0.4 is 0 Å². The Morgan fingerprint density at radius 2 is 1.96 bits per heavy atom. The lowest BCUT2D eigenvalue weighted by atomic mass is 10.1. The Balaban J connectivity index is 1.21. The summed E-state index contributed by atoms with van der Waals surface area (Å²) in [5, 5.41) is 15.8. The topological polar surface area (TPSA) is 94.6 Å². The van der Waals surface area contributed by atoms with E-state index < -0.39 is 0 Å². The fourth-order valence-corrected chi connectivity index (χ4v) is 3.42. The molecule has 0 unspecified atom stereocenters. The molecule has 27 heavy (non-hydrogen) atoms. The standard InChI is InChI=1S/C18H20N8O/c27-17(11-13-1-5-15(6-2-13)26-12-19-22-23-26)24-8-7-16-20-18(14-3-4-14)21-25(16)10-9-24/h1-2,5-6,12,14H,3-4,7-11H2. The van der Waals surface area contributed by atoms with Crippen molar-refractivity contribution in [3.05, 3.63) is 47.8 Å². The second-order valence-corrected chi connectivity index (χ2v) is 7.11. The lowest BCUT2D eigenvalue weighted by molar-refractivity contribution is -0.130. The number of nitrogens with zero attached hydrogens (tertiary/aromatic N) is 8. The molecule has 1 aromatic carbocycles. The second-order valence-electron chi connectivity index (χ2n) is 7.11. The van der Waals surface area contributed by atoms with E-state index in [1.807, 2.05) is 33.8 Å². The predicted octanol–water partition coefficient (Wildman–Crippen LogP) is 0.759. The van der Waals surface area contributed by atoms with Crippen molar-refractivity contribution in [2.45, 2.75) is 38.1 Å². The van der Waals surface area contributed by atoms with Crippen LogP contribution in [0.2, 0.25) is 0 Å². The Kier molecular flexibility index (Phi) is 3.92. The molecule has 1 amide bonds. The van der Waals surface area contributed by atoms with Crippen LogP contribution in [-0.2, 0) is 24.2 Å². The minimum Gasteiger partial charge on any atom is -0.340 e. The number of hydrogen-bond donors (Lipinski definition) is 0. The number of benzene rings is 1. The molecule has 0 spiro atoms. The van der Waals surface area contributed by atoms with Gasteiger partial charge in [0.2, 0.25) is 5.91 Å². The molecule has 0 atom stereocenters. The van der Waals surface area contributed by atoms with E-state index in [0.29, 0.717) is 25.4 Å². The van der Waals surface area contributed by atoms with Gasteiger partial charge in [0.15, 0.2) is 5.82 Å². The Morgan fingerprint density at radius 3 is 2.70 bits per heavy atom. The Morgan fingerprint density at radius 1 is 1.11 bits per heavy atom. The molecule has 0 saturated heterocycles. The Hall–Kier alpha value is -3.10. The maximum Gasteiger partial charge on any atom is 0.227 e. The van der Waals surface area contributed by atoms with E-state index in [2.05, 4.69) is 25.6 Å². The van der Waals surface area contributed by atoms with Crippen LogP contribution in [0.3, 0.4) is 0 Å². The minimum absolute atomic E-state index is 0.137. The Labute approximate surface area is 156 Å². The first-order valence-electron chi connectivity index (χ1n) is 9.30. The average molecular weight is 364 g/mol. The number of carbonyl (C=O) groups is 1. The summed E-state index contributed by atoms with van der Waals surface area (Å²) in [6.07, 6.45) is 5.12. The summed E-state index contributed by atoms with van der Waals surface area (Å²) >= 11 is 0. The molecular formula is C18H20N8O. The summed E-state index contributed by atoms with van der Waals surface area (Å²) < 4.78 is 3.58. The molecule has 0 bridgehead atoms. The van der Waals surface area contributed by atoms with E-state index >= 15 is 0 Å². The van der Waals surface area contributed by atoms with Crippen molar-refractivity contribution in [1.82, 2.24) is 39.9 Å². The van der Waals surface area contributed by atoms with E-state index in [1.54, 1.807) is 11.0 Å². The third-order valence-corrected chi connectivity index (χ3v) is 5.15. The summed E-state index contributed by atoms with van der Waals surface area (Å²) in [6.45, 7) is 2.10. The number of tetrazole rings is 1. The quantitative estimate of drug-likeness (QED) is 0.678. The maximum absolute atomic E-state index is 12.7. The van der Waals surface area contributed by atoms with E-state index in [0.717, 1.165) is 35.9 Å². The van der Waals surface area contributed by atoms with Gasteiger partial charge in [0.25, 0.3) is 0 Å². The largest absolute Gasteiger partial charge is 0.340 e. The molecule has 138 valence electrons. The molecule has 9 nitrogen and oxygen atoms in total. The van der Waals surface area contributed by atoms with Crippen LogP contribution in [0.15, 0.2) is 30.6 Å². The summed E-state index contributed by atoms with van der Waals surface area (Å²) in [4.78, 5) is 19.3. The van der Waals surface area contributed by atoms with Gasteiger partial charge in [-0.1, -0.05) is 12.1 Å². The molecule has 9 heteroatoms. The summed E-state index contributed by atoms with van der Waals surface area (Å²) in [7, 11) is 0. The fraction of sp³-hybridized carbons (Fsp3) is 0.444. The summed E-state index contributed by atoms with van der Waals surface area (Å²) in [5.74, 6) is 2.71. The van der Waals surface area contributed by atoms with Gasteiger partial charge in [-0.2, -0.15) is 5.10 Å². The van der Waals surface area contributed by atoms with Gasteiger partial charge in [0.1, 0.15) is 12.2 Å². The monoisotopic (exact) mass is 364 g/mol. The third-order valence-electron chi connectivity index (χ3n) is 5.15. The Bertz CT molecular complexity index is 917. The van der Waals surface area contributed by atoms with Crippen molar-refractivity contribution in [2.75, 3.05) is 13.1 Å². The van der Waals surface area contributed by atoms with Crippen LogP contribution in [0, 0.1) is 0 Å². The highest BCUT2D eigenvalue weighted by molar-refractivity contribution is 5.78. The second kappa shape index (κ2) is 6.57. The van der Waals surface area contributed by atoms with Crippen LogP contribution >= 0.6 is 0 Å². The van der Waals surface area contributed by atoms with Crippen molar-refractivity contribution in [2.24, 2.45) is 0 Å². The minimum atomic E-state index is 0.137. The van der Waals surface area contributed by atoms with Gasteiger partial charge in [-0.25, -0.2) is 14.3 Å². The SMILES string of the molecule is O=C(Cc1ccc(-n2cnnn2)cc1)N1CCc2nc(C3CC3)nn2CC1. The average Bonchev–Trinajstić information content (AvgIpc) is 3.30. The molecule has 1 saturated carbocycles. The van der Waals surface area contributed by atoms with E-state index in [-0.39, 0.29) is 5.91 Å². The van der Waals surface area contributed by atoms with Gasteiger partial charge < -0.3 is 4.90 Å². The van der Waals surface area contributed by atoms with Gasteiger partial charge in [0.05, 0.1) is 18.7 Å². The van der Waals surface area contributed by atoms with Crippen LogP contribution in [-0.4, -0.2) is 58.9 Å². The number of carbonyl (C=O) groups excluding carboxylic acids is 1. The van der Waals surface area contributed by atoms with Gasteiger partial charge in [-0.15, -0.1) is 5.10 Å². The van der Waals surface area contributed by atoms with Crippen LogP contribution in [0.5, 0.6) is 0 Å². The van der Waals surface area contributed by atoms with Gasteiger partial charge >= 0.3 is 0 Å². The molecule has 0 radical (unpaired) electrons. The number of fused-ring (bicyclic) bond motifs is 1. The molecule has 2 aliphatic rings. The number of hydrogen-bond acceptors (Lipinski definition) is 6. The van der Waals surface area contributed by atoms with Gasteiger partial charge in [-0.3, -0.25) is 4.79 Å². The first-order valence-corrected chi connectivity index (χ1v) is 9.30. The van der Waals surface area contributed by atoms with Gasteiger partial charge in [0, 0.05) is 25.4 Å². The van der Waals surface area contributed by atoms with Crippen LogP contribution in [0.1, 0.15) is 36.0 Å². The molecule has 0 N–H and O–H groups in total. The fourth-order valence-electron chi connectivity index (χ4n) is 3.42. The van der Waals surface area contributed by atoms with Crippen LogP contribution in [0.25, 0.3) is 5.69 Å². The number of amides is 1. The number of rotatable bonds is 4. The molecule has 2 aromatic heterocycles. The zero-order chi connectivity index (χ0) is 18.2. The lowest BCUT2D eigenvalue weighted by Crippen LogP contribution is -2.34.